The minimum atomic E-state index is -0.0453. The van der Waals surface area contributed by atoms with Crippen molar-refractivity contribution < 1.29 is 4.79 Å². The van der Waals surface area contributed by atoms with Crippen molar-refractivity contribution in [2.45, 2.75) is 38.4 Å². The standard InChI is InChI=1S/C26H25ClN4O/c1-17(28-21-10-7-19(8-11-21)26(32)29-22-12-13-22)25-30-23-15-20(27)9-14-24(23)31(25)16-18-5-3-2-4-6-18/h2-11,14-15,17,22,28H,12-13,16H2,1H3,(H,29,32). The number of hydrogen-bond acceptors (Lipinski definition) is 3. The van der Waals surface area contributed by atoms with Crippen molar-refractivity contribution in [1.82, 2.24) is 14.9 Å². The van der Waals surface area contributed by atoms with E-state index in [1.165, 1.54) is 5.56 Å². The molecule has 4 aromatic rings. The Morgan fingerprint density at radius 1 is 1.09 bits per heavy atom. The molecule has 0 radical (unpaired) electrons. The molecule has 0 aliphatic heterocycles. The SMILES string of the molecule is CC(Nc1ccc(C(=O)NC2CC2)cc1)c1nc2cc(Cl)ccc2n1Cc1ccccc1. The predicted octanol–water partition coefficient (Wildman–Crippen LogP) is 5.80. The van der Waals surface area contributed by atoms with Gasteiger partial charge in [-0.05, 0) is 67.8 Å². The zero-order valence-corrected chi connectivity index (χ0v) is 18.6. The molecule has 0 saturated heterocycles. The maximum absolute atomic E-state index is 12.2. The third kappa shape index (κ3) is 4.48. The second-order valence-corrected chi connectivity index (χ2v) is 8.80. The summed E-state index contributed by atoms with van der Waals surface area (Å²) >= 11 is 6.23. The first-order chi connectivity index (χ1) is 15.6. The third-order valence-electron chi connectivity index (χ3n) is 5.75. The average Bonchev–Trinajstić information content (AvgIpc) is 3.54. The van der Waals surface area contributed by atoms with Gasteiger partial charge in [0, 0.05) is 28.9 Å². The Balaban J connectivity index is 1.40. The molecule has 1 fully saturated rings. The monoisotopic (exact) mass is 444 g/mol. The molecule has 5 rings (SSSR count). The van der Waals surface area contributed by atoms with Crippen LogP contribution in [0.25, 0.3) is 11.0 Å². The number of rotatable bonds is 7. The van der Waals surface area contributed by atoms with Crippen LogP contribution in [0.15, 0.2) is 72.8 Å². The zero-order chi connectivity index (χ0) is 22.1. The molecule has 0 bridgehead atoms. The number of aromatic nitrogens is 2. The molecular formula is C26H25ClN4O. The van der Waals surface area contributed by atoms with E-state index in [0.717, 1.165) is 41.9 Å². The second kappa shape index (κ2) is 8.67. The Morgan fingerprint density at radius 3 is 2.56 bits per heavy atom. The van der Waals surface area contributed by atoms with Gasteiger partial charge in [0.1, 0.15) is 5.82 Å². The van der Waals surface area contributed by atoms with Crippen molar-refractivity contribution in [3.8, 4) is 0 Å². The van der Waals surface area contributed by atoms with Crippen molar-refractivity contribution in [2.75, 3.05) is 5.32 Å². The van der Waals surface area contributed by atoms with Crippen molar-refractivity contribution in [1.29, 1.82) is 0 Å². The van der Waals surface area contributed by atoms with Crippen molar-refractivity contribution in [3.63, 3.8) is 0 Å². The lowest BCUT2D eigenvalue weighted by Crippen LogP contribution is -2.25. The molecule has 1 amide bonds. The number of halogens is 1. The average molecular weight is 445 g/mol. The van der Waals surface area contributed by atoms with Crippen LogP contribution in [0.3, 0.4) is 0 Å². The van der Waals surface area contributed by atoms with Crippen LogP contribution in [0.2, 0.25) is 5.02 Å². The van der Waals surface area contributed by atoms with Crippen molar-refractivity contribution in [3.05, 3.63) is 94.8 Å². The highest BCUT2D eigenvalue weighted by Crippen LogP contribution is 2.27. The molecule has 1 aliphatic rings. The van der Waals surface area contributed by atoms with Crippen LogP contribution in [0.5, 0.6) is 0 Å². The number of carbonyl (C=O) groups excluding carboxylic acids is 1. The fourth-order valence-electron chi connectivity index (χ4n) is 3.91. The van der Waals surface area contributed by atoms with Crippen LogP contribution in [-0.4, -0.2) is 21.5 Å². The number of hydrogen-bond donors (Lipinski definition) is 2. The number of anilines is 1. The predicted molar refractivity (Wildman–Crippen MR) is 129 cm³/mol. The Hall–Kier alpha value is -3.31. The normalized spacial score (nSPS) is 14.3. The third-order valence-corrected chi connectivity index (χ3v) is 5.99. The van der Waals surface area contributed by atoms with Crippen LogP contribution >= 0.6 is 11.6 Å². The lowest BCUT2D eigenvalue weighted by molar-refractivity contribution is 0.0951. The van der Waals surface area contributed by atoms with Gasteiger partial charge in [0.25, 0.3) is 5.91 Å². The molecular weight excluding hydrogens is 420 g/mol. The van der Waals surface area contributed by atoms with Gasteiger partial charge in [-0.15, -0.1) is 0 Å². The number of fused-ring (bicyclic) bond motifs is 1. The van der Waals surface area contributed by atoms with E-state index in [2.05, 4.69) is 34.3 Å². The first-order valence-electron chi connectivity index (χ1n) is 10.9. The molecule has 2 N–H and O–H groups in total. The first-order valence-corrected chi connectivity index (χ1v) is 11.3. The number of imidazole rings is 1. The maximum atomic E-state index is 12.2. The van der Waals surface area contributed by atoms with E-state index in [1.54, 1.807) is 0 Å². The Morgan fingerprint density at radius 2 is 1.84 bits per heavy atom. The van der Waals surface area contributed by atoms with Crippen molar-refractivity contribution >= 4 is 34.2 Å². The van der Waals surface area contributed by atoms with Crippen LogP contribution in [0.4, 0.5) is 5.69 Å². The fraction of sp³-hybridized carbons (Fsp3) is 0.231. The number of nitrogens with one attached hydrogen (secondary N) is 2. The Bertz CT molecular complexity index is 1250. The molecule has 1 atom stereocenters. The first kappa shape index (κ1) is 20.6. The van der Waals surface area contributed by atoms with E-state index < -0.39 is 0 Å². The van der Waals surface area contributed by atoms with Gasteiger partial charge in [-0.3, -0.25) is 4.79 Å². The van der Waals surface area contributed by atoms with Gasteiger partial charge in [0.15, 0.2) is 0 Å². The maximum Gasteiger partial charge on any atom is 0.251 e. The molecule has 1 heterocycles. The minimum absolute atomic E-state index is 0.00590. The largest absolute Gasteiger partial charge is 0.375 e. The summed E-state index contributed by atoms with van der Waals surface area (Å²) in [5, 5.41) is 7.23. The fourth-order valence-corrected chi connectivity index (χ4v) is 4.08. The van der Waals surface area contributed by atoms with Crippen molar-refractivity contribution in [2.24, 2.45) is 0 Å². The minimum Gasteiger partial charge on any atom is -0.375 e. The molecule has 1 saturated carbocycles. The van der Waals surface area contributed by atoms with E-state index in [4.69, 9.17) is 16.6 Å². The van der Waals surface area contributed by atoms with Gasteiger partial charge >= 0.3 is 0 Å². The highest BCUT2D eigenvalue weighted by Gasteiger charge is 2.23. The Labute approximate surface area is 192 Å². The summed E-state index contributed by atoms with van der Waals surface area (Å²) in [5.74, 6) is 0.926. The van der Waals surface area contributed by atoms with Gasteiger partial charge in [-0.25, -0.2) is 4.98 Å². The lowest BCUT2D eigenvalue weighted by Gasteiger charge is -2.18. The lowest BCUT2D eigenvalue weighted by atomic mass is 10.1. The quantitative estimate of drug-likeness (QED) is 0.378. The van der Waals surface area contributed by atoms with Crippen LogP contribution < -0.4 is 10.6 Å². The molecule has 6 heteroatoms. The highest BCUT2D eigenvalue weighted by atomic mass is 35.5. The molecule has 5 nitrogen and oxygen atoms in total. The molecule has 0 spiro atoms. The molecule has 1 aromatic heterocycles. The number of nitrogens with zero attached hydrogens (tertiary/aromatic N) is 2. The van der Waals surface area contributed by atoms with Gasteiger partial charge in [-0.1, -0.05) is 41.9 Å². The zero-order valence-electron chi connectivity index (χ0n) is 17.9. The second-order valence-electron chi connectivity index (χ2n) is 8.37. The summed E-state index contributed by atoms with van der Waals surface area (Å²) < 4.78 is 2.23. The van der Waals surface area contributed by atoms with Gasteiger partial charge in [0.2, 0.25) is 0 Å². The number of carbonyl (C=O) groups is 1. The van der Waals surface area contributed by atoms with E-state index in [9.17, 15) is 4.79 Å². The van der Waals surface area contributed by atoms with Crippen LogP contribution in [0, 0.1) is 0 Å². The summed E-state index contributed by atoms with van der Waals surface area (Å²) in [4.78, 5) is 17.1. The van der Waals surface area contributed by atoms with E-state index in [1.807, 2.05) is 60.7 Å². The molecule has 162 valence electrons. The molecule has 1 aliphatic carbocycles. The number of amides is 1. The Kier molecular flexibility index (Phi) is 5.58. The molecule has 32 heavy (non-hydrogen) atoms. The van der Waals surface area contributed by atoms with Gasteiger partial charge in [0.05, 0.1) is 17.1 Å². The summed E-state index contributed by atoms with van der Waals surface area (Å²) in [6.45, 7) is 2.82. The summed E-state index contributed by atoms with van der Waals surface area (Å²) in [6.07, 6.45) is 2.16. The topological polar surface area (TPSA) is 59.0 Å². The van der Waals surface area contributed by atoms with Crippen LogP contribution in [0.1, 0.15) is 47.6 Å². The molecule has 1 unspecified atom stereocenters. The van der Waals surface area contributed by atoms with E-state index >= 15 is 0 Å². The van der Waals surface area contributed by atoms with E-state index in [0.29, 0.717) is 16.6 Å². The number of benzene rings is 3. The summed E-state index contributed by atoms with van der Waals surface area (Å²) in [6, 6.07) is 24.1. The smallest absolute Gasteiger partial charge is 0.251 e. The van der Waals surface area contributed by atoms with Gasteiger partial charge < -0.3 is 15.2 Å². The summed E-state index contributed by atoms with van der Waals surface area (Å²) in [7, 11) is 0. The molecule has 3 aromatic carbocycles. The highest BCUT2D eigenvalue weighted by molar-refractivity contribution is 6.31. The van der Waals surface area contributed by atoms with Gasteiger partial charge in [-0.2, -0.15) is 0 Å². The van der Waals surface area contributed by atoms with Crippen LogP contribution in [-0.2, 0) is 6.54 Å². The van der Waals surface area contributed by atoms with E-state index in [-0.39, 0.29) is 11.9 Å². The summed E-state index contributed by atoms with van der Waals surface area (Å²) in [5.41, 5.74) is 4.76.